The van der Waals surface area contributed by atoms with Crippen LogP contribution in [0.5, 0.6) is 0 Å². The maximum atomic E-state index is 11.5. The van der Waals surface area contributed by atoms with Crippen LogP contribution in [0.3, 0.4) is 0 Å². The van der Waals surface area contributed by atoms with Crippen LogP contribution < -0.4 is 0 Å². The maximum Gasteiger partial charge on any atom is 0.253 e. The predicted octanol–water partition coefficient (Wildman–Crippen LogP) is 1.88. The Balaban J connectivity index is 2.03. The van der Waals surface area contributed by atoms with Crippen LogP contribution in [0.25, 0.3) is 0 Å². The van der Waals surface area contributed by atoms with E-state index < -0.39 is 0 Å². The fourth-order valence-corrected chi connectivity index (χ4v) is 2.64. The molecule has 0 aromatic heterocycles. The number of amides is 2. The van der Waals surface area contributed by atoms with Gasteiger partial charge in [0, 0.05) is 18.2 Å². The Bertz CT molecular complexity index is 285. The predicted molar refractivity (Wildman–Crippen MR) is 57.0 cm³/mol. The average molecular weight is 207 g/mol. The van der Waals surface area contributed by atoms with Gasteiger partial charge < -0.3 is 0 Å². The van der Waals surface area contributed by atoms with E-state index in [4.69, 9.17) is 0 Å². The van der Waals surface area contributed by atoms with Crippen LogP contribution in [0.2, 0.25) is 0 Å². The molecule has 15 heavy (non-hydrogen) atoms. The smallest absolute Gasteiger partial charge is 0.253 e. The summed E-state index contributed by atoms with van der Waals surface area (Å²) in [5.74, 6) is 0.225. The molecule has 0 N–H and O–H groups in total. The first-order valence-corrected chi connectivity index (χ1v) is 5.75. The molecule has 0 unspecified atom stereocenters. The van der Waals surface area contributed by atoms with Crippen LogP contribution in [-0.2, 0) is 9.59 Å². The third-order valence-corrected chi connectivity index (χ3v) is 3.58. The van der Waals surface area contributed by atoms with Crippen molar-refractivity contribution in [1.29, 1.82) is 0 Å². The SMILES string of the molecule is C[C@H](C1CCCCC1)N1C(=O)C=CC1=O. The molecule has 3 nitrogen and oxygen atoms in total. The number of carbonyl (C=O) groups is 2. The zero-order valence-corrected chi connectivity index (χ0v) is 9.11. The summed E-state index contributed by atoms with van der Waals surface area (Å²) in [5, 5.41) is 0. The number of imide groups is 1. The van der Waals surface area contributed by atoms with E-state index in [-0.39, 0.29) is 17.9 Å². The minimum atomic E-state index is -0.141. The van der Waals surface area contributed by atoms with Gasteiger partial charge in [-0.15, -0.1) is 0 Å². The zero-order valence-electron chi connectivity index (χ0n) is 9.11. The van der Waals surface area contributed by atoms with Gasteiger partial charge in [-0.1, -0.05) is 19.3 Å². The summed E-state index contributed by atoms with van der Waals surface area (Å²) in [6.45, 7) is 2.00. The lowest BCUT2D eigenvalue weighted by atomic mass is 9.84. The monoisotopic (exact) mass is 207 g/mol. The minimum absolute atomic E-state index is 0.0697. The minimum Gasteiger partial charge on any atom is -0.272 e. The van der Waals surface area contributed by atoms with Gasteiger partial charge in [-0.05, 0) is 25.7 Å². The highest BCUT2D eigenvalue weighted by Crippen LogP contribution is 2.29. The van der Waals surface area contributed by atoms with Gasteiger partial charge in [-0.25, -0.2) is 0 Å². The molecule has 1 heterocycles. The molecular formula is C12H17NO2. The quantitative estimate of drug-likeness (QED) is 0.648. The molecule has 0 radical (unpaired) electrons. The third kappa shape index (κ3) is 1.96. The summed E-state index contributed by atoms with van der Waals surface area (Å²) in [6.07, 6.45) is 8.82. The van der Waals surface area contributed by atoms with Gasteiger partial charge in [0.25, 0.3) is 11.8 Å². The molecular weight excluding hydrogens is 190 g/mol. The van der Waals surface area contributed by atoms with E-state index in [1.807, 2.05) is 6.92 Å². The van der Waals surface area contributed by atoms with Crippen molar-refractivity contribution in [3.8, 4) is 0 Å². The van der Waals surface area contributed by atoms with Crippen LogP contribution in [-0.4, -0.2) is 22.8 Å². The Hall–Kier alpha value is -1.12. The molecule has 0 aromatic rings. The van der Waals surface area contributed by atoms with E-state index in [1.54, 1.807) is 0 Å². The highest BCUT2D eigenvalue weighted by atomic mass is 16.2. The number of nitrogens with zero attached hydrogens (tertiary/aromatic N) is 1. The lowest BCUT2D eigenvalue weighted by Gasteiger charge is -2.32. The van der Waals surface area contributed by atoms with Crippen LogP contribution in [0, 0.1) is 5.92 Å². The van der Waals surface area contributed by atoms with Gasteiger partial charge in [0.1, 0.15) is 0 Å². The lowest BCUT2D eigenvalue weighted by molar-refractivity contribution is -0.140. The molecule has 2 amide bonds. The second kappa shape index (κ2) is 4.17. The standard InChI is InChI=1S/C12H17NO2/c1-9(10-5-3-2-4-6-10)13-11(14)7-8-12(13)15/h7-10H,2-6H2,1H3/t9-/m1/s1. The van der Waals surface area contributed by atoms with Crippen LogP contribution in [0.4, 0.5) is 0 Å². The molecule has 0 spiro atoms. The van der Waals surface area contributed by atoms with Crippen LogP contribution in [0.1, 0.15) is 39.0 Å². The van der Waals surface area contributed by atoms with Crippen molar-refractivity contribution in [3.63, 3.8) is 0 Å². The molecule has 0 bridgehead atoms. The maximum absolute atomic E-state index is 11.5. The zero-order chi connectivity index (χ0) is 10.8. The summed E-state index contributed by atoms with van der Waals surface area (Å²) < 4.78 is 0. The third-order valence-electron chi connectivity index (χ3n) is 3.58. The van der Waals surface area contributed by atoms with Gasteiger partial charge in [0.15, 0.2) is 0 Å². The number of hydrogen-bond donors (Lipinski definition) is 0. The molecule has 2 aliphatic rings. The normalized spacial score (nSPS) is 25.0. The van der Waals surface area contributed by atoms with Crippen molar-refractivity contribution in [2.45, 2.75) is 45.1 Å². The molecule has 1 aliphatic heterocycles. The molecule has 1 aliphatic carbocycles. The van der Waals surface area contributed by atoms with Crippen molar-refractivity contribution in [2.75, 3.05) is 0 Å². The van der Waals surface area contributed by atoms with Crippen molar-refractivity contribution in [1.82, 2.24) is 4.90 Å². The summed E-state index contributed by atoms with van der Waals surface area (Å²) in [4.78, 5) is 24.4. The largest absolute Gasteiger partial charge is 0.272 e. The first-order chi connectivity index (χ1) is 7.20. The van der Waals surface area contributed by atoms with E-state index in [9.17, 15) is 9.59 Å². The molecule has 0 aromatic carbocycles. The second-order valence-corrected chi connectivity index (χ2v) is 4.52. The van der Waals surface area contributed by atoms with E-state index >= 15 is 0 Å². The Morgan fingerprint density at radius 1 is 1.13 bits per heavy atom. The first kappa shape index (κ1) is 10.4. The number of hydrogen-bond acceptors (Lipinski definition) is 2. The first-order valence-electron chi connectivity index (χ1n) is 5.75. The highest BCUT2D eigenvalue weighted by Gasteiger charge is 2.33. The molecule has 1 saturated carbocycles. The molecule has 1 fully saturated rings. The Kier molecular flexibility index (Phi) is 2.89. The van der Waals surface area contributed by atoms with Gasteiger partial charge in [-0.3, -0.25) is 14.5 Å². The number of rotatable bonds is 2. The summed E-state index contributed by atoms with van der Waals surface area (Å²) in [5.41, 5.74) is 0. The lowest BCUT2D eigenvalue weighted by Crippen LogP contribution is -2.43. The second-order valence-electron chi connectivity index (χ2n) is 4.52. The van der Waals surface area contributed by atoms with Crippen LogP contribution >= 0.6 is 0 Å². The van der Waals surface area contributed by atoms with Gasteiger partial charge in [0.05, 0.1) is 0 Å². The van der Waals surface area contributed by atoms with E-state index in [0.717, 1.165) is 12.8 Å². The highest BCUT2D eigenvalue weighted by molar-refractivity contribution is 6.13. The van der Waals surface area contributed by atoms with Gasteiger partial charge >= 0.3 is 0 Å². The molecule has 2 rings (SSSR count). The Morgan fingerprint density at radius 3 is 2.20 bits per heavy atom. The summed E-state index contributed by atoms with van der Waals surface area (Å²) >= 11 is 0. The summed E-state index contributed by atoms with van der Waals surface area (Å²) in [6, 6.07) is 0.0697. The van der Waals surface area contributed by atoms with Crippen molar-refractivity contribution >= 4 is 11.8 Å². The van der Waals surface area contributed by atoms with Crippen LogP contribution in [0.15, 0.2) is 12.2 Å². The Labute approximate surface area is 90.1 Å². The average Bonchev–Trinajstić information content (AvgIpc) is 2.59. The van der Waals surface area contributed by atoms with Gasteiger partial charge in [-0.2, -0.15) is 0 Å². The van der Waals surface area contributed by atoms with E-state index in [0.29, 0.717) is 5.92 Å². The van der Waals surface area contributed by atoms with E-state index in [1.165, 1.54) is 36.3 Å². The Morgan fingerprint density at radius 2 is 1.67 bits per heavy atom. The van der Waals surface area contributed by atoms with Crippen molar-refractivity contribution < 1.29 is 9.59 Å². The molecule has 82 valence electrons. The molecule has 3 heteroatoms. The van der Waals surface area contributed by atoms with E-state index in [2.05, 4.69) is 0 Å². The topological polar surface area (TPSA) is 37.4 Å². The fraction of sp³-hybridized carbons (Fsp3) is 0.667. The van der Waals surface area contributed by atoms with Crippen molar-refractivity contribution in [2.24, 2.45) is 5.92 Å². The van der Waals surface area contributed by atoms with Gasteiger partial charge in [0.2, 0.25) is 0 Å². The summed E-state index contributed by atoms with van der Waals surface area (Å²) in [7, 11) is 0. The molecule has 1 atom stereocenters. The molecule has 0 saturated heterocycles. The number of carbonyl (C=O) groups excluding carboxylic acids is 2. The van der Waals surface area contributed by atoms with Crippen molar-refractivity contribution in [3.05, 3.63) is 12.2 Å². The fourth-order valence-electron chi connectivity index (χ4n) is 2.64.